The summed E-state index contributed by atoms with van der Waals surface area (Å²) in [6.45, 7) is 4.57. The number of halogens is 1. The molecule has 0 heterocycles. The molecule has 2 rings (SSSR count). The standard InChI is InChI=1S/C17H19ClN2O/c1-12-4-3-5-15(10-12)20-17(21)8-9-19-16-11-14(18)7-6-13(16)2/h3-7,10-11,19H,8-9H2,1-2H3,(H,20,21). The summed E-state index contributed by atoms with van der Waals surface area (Å²) < 4.78 is 0. The highest BCUT2D eigenvalue weighted by Crippen LogP contribution is 2.20. The fraction of sp³-hybridized carbons (Fsp3) is 0.235. The first-order chi connectivity index (χ1) is 10.0. The third kappa shape index (κ3) is 4.80. The number of rotatable bonds is 5. The molecule has 0 bridgehead atoms. The maximum atomic E-state index is 11.9. The minimum atomic E-state index is -0.00668. The summed E-state index contributed by atoms with van der Waals surface area (Å²) in [5, 5.41) is 6.81. The van der Waals surface area contributed by atoms with Crippen LogP contribution >= 0.6 is 11.6 Å². The van der Waals surface area contributed by atoms with Gasteiger partial charge in [0.15, 0.2) is 0 Å². The molecule has 0 saturated heterocycles. The van der Waals surface area contributed by atoms with Crippen molar-refractivity contribution in [3.05, 3.63) is 58.6 Å². The van der Waals surface area contributed by atoms with E-state index >= 15 is 0 Å². The van der Waals surface area contributed by atoms with Crippen molar-refractivity contribution in [1.82, 2.24) is 0 Å². The molecule has 0 aliphatic heterocycles. The molecule has 0 aliphatic rings. The van der Waals surface area contributed by atoms with Crippen LogP contribution in [0.2, 0.25) is 5.02 Å². The normalized spacial score (nSPS) is 10.2. The van der Waals surface area contributed by atoms with Crippen LogP contribution in [0.1, 0.15) is 17.5 Å². The number of aryl methyl sites for hydroxylation is 2. The highest BCUT2D eigenvalue weighted by atomic mass is 35.5. The van der Waals surface area contributed by atoms with Crippen molar-refractivity contribution in [3.8, 4) is 0 Å². The van der Waals surface area contributed by atoms with Gasteiger partial charge in [-0.3, -0.25) is 4.79 Å². The van der Waals surface area contributed by atoms with Gasteiger partial charge in [-0.15, -0.1) is 0 Å². The molecule has 0 radical (unpaired) electrons. The predicted octanol–water partition coefficient (Wildman–Crippen LogP) is 4.40. The number of hydrogen-bond acceptors (Lipinski definition) is 2. The van der Waals surface area contributed by atoms with Gasteiger partial charge in [0, 0.05) is 29.4 Å². The Morgan fingerprint density at radius 3 is 2.71 bits per heavy atom. The second-order valence-corrected chi connectivity index (χ2v) is 5.49. The molecule has 4 heteroatoms. The van der Waals surface area contributed by atoms with Crippen LogP contribution in [-0.4, -0.2) is 12.5 Å². The molecule has 0 saturated carbocycles. The van der Waals surface area contributed by atoms with E-state index in [2.05, 4.69) is 10.6 Å². The Kier molecular flexibility index (Phi) is 5.23. The van der Waals surface area contributed by atoms with E-state index in [0.717, 1.165) is 22.5 Å². The SMILES string of the molecule is Cc1cccc(NC(=O)CCNc2cc(Cl)ccc2C)c1. The van der Waals surface area contributed by atoms with Gasteiger partial charge in [-0.2, -0.15) is 0 Å². The Labute approximate surface area is 130 Å². The van der Waals surface area contributed by atoms with Gasteiger partial charge >= 0.3 is 0 Å². The highest BCUT2D eigenvalue weighted by Gasteiger charge is 2.04. The third-order valence-electron chi connectivity index (χ3n) is 3.17. The lowest BCUT2D eigenvalue weighted by Gasteiger charge is -2.10. The maximum Gasteiger partial charge on any atom is 0.226 e. The lowest BCUT2D eigenvalue weighted by molar-refractivity contribution is -0.115. The van der Waals surface area contributed by atoms with E-state index in [1.165, 1.54) is 0 Å². The molecule has 0 aliphatic carbocycles. The predicted molar refractivity (Wildman–Crippen MR) is 89.1 cm³/mol. The number of anilines is 2. The Balaban J connectivity index is 1.83. The van der Waals surface area contributed by atoms with Gasteiger partial charge < -0.3 is 10.6 Å². The van der Waals surface area contributed by atoms with Crippen molar-refractivity contribution >= 4 is 28.9 Å². The quantitative estimate of drug-likeness (QED) is 0.859. The van der Waals surface area contributed by atoms with Gasteiger partial charge in [0.1, 0.15) is 0 Å². The molecule has 0 unspecified atom stereocenters. The van der Waals surface area contributed by atoms with E-state index in [0.29, 0.717) is 18.0 Å². The van der Waals surface area contributed by atoms with Gasteiger partial charge in [-0.1, -0.05) is 29.8 Å². The molecule has 2 aromatic carbocycles. The molecule has 1 amide bonds. The molecule has 2 N–H and O–H groups in total. The molecule has 2 aromatic rings. The average Bonchev–Trinajstić information content (AvgIpc) is 2.42. The van der Waals surface area contributed by atoms with E-state index in [-0.39, 0.29) is 5.91 Å². The molecule has 110 valence electrons. The van der Waals surface area contributed by atoms with Crippen LogP contribution < -0.4 is 10.6 Å². The topological polar surface area (TPSA) is 41.1 Å². The molecule has 0 atom stereocenters. The van der Waals surface area contributed by atoms with Crippen molar-refractivity contribution in [1.29, 1.82) is 0 Å². The molecular weight excluding hydrogens is 284 g/mol. The molecule has 3 nitrogen and oxygen atoms in total. The van der Waals surface area contributed by atoms with Crippen LogP contribution in [0.4, 0.5) is 11.4 Å². The Bertz CT molecular complexity index is 640. The van der Waals surface area contributed by atoms with E-state index < -0.39 is 0 Å². The molecule has 0 spiro atoms. The van der Waals surface area contributed by atoms with Crippen molar-refractivity contribution in [2.75, 3.05) is 17.2 Å². The van der Waals surface area contributed by atoms with Gasteiger partial charge in [0.25, 0.3) is 0 Å². The van der Waals surface area contributed by atoms with Crippen LogP contribution in [0, 0.1) is 13.8 Å². The first-order valence-corrected chi connectivity index (χ1v) is 7.29. The second-order valence-electron chi connectivity index (χ2n) is 5.05. The first kappa shape index (κ1) is 15.4. The third-order valence-corrected chi connectivity index (χ3v) is 3.40. The summed E-state index contributed by atoms with van der Waals surface area (Å²) in [4.78, 5) is 11.9. The molecule has 21 heavy (non-hydrogen) atoms. The van der Waals surface area contributed by atoms with E-state index in [9.17, 15) is 4.79 Å². The van der Waals surface area contributed by atoms with Crippen molar-refractivity contribution in [2.45, 2.75) is 20.3 Å². The maximum absolute atomic E-state index is 11.9. The van der Waals surface area contributed by atoms with Crippen LogP contribution in [0.25, 0.3) is 0 Å². The Hall–Kier alpha value is -2.00. The zero-order valence-electron chi connectivity index (χ0n) is 12.2. The summed E-state index contributed by atoms with van der Waals surface area (Å²) in [5.74, 6) is -0.00668. The van der Waals surface area contributed by atoms with Gasteiger partial charge in [0.2, 0.25) is 5.91 Å². The monoisotopic (exact) mass is 302 g/mol. The lowest BCUT2D eigenvalue weighted by atomic mass is 10.2. The van der Waals surface area contributed by atoms with E-state index in [4.69, 9.17) is 11.6 Å². The number of carbonyl (C=O) groups is 1. The lowest BCUT2D eigenvalue weighted by Crippen LogP contribution is -2.16. The zero-order chi connectivity index (χ0) is 15.2. The van der Waals surface area contributed by atoms with E-state index in [1.807, 2.05) is 56.3 Å². The van der Waals surface area contributed by atoms with Crippen LogP contribution in [-0.2, 0) is 4.79 Å². The van der Waals surface area contributed by atoms with E-state index in [1.54, 1.807) is 0 Å². The number of benzene rings is 2. The first-order valence-electron chi connectivity index (χ1n) is 6.91. The fourth-order valence-electron chi connectivity index (χ4n) is 2.04. The van der Waals surface area contributed by atoms with Crippen molar-refractivity contribution < 1.29 is 4.79 Å². The second kappa shape index (κ2) is 7.14. The van der Waals surface area contributed by atoms with Crippen molar-refractivity contribution in [2.24, 2.45) is 0 Å². The zero-order valence-corrected chi connectivity index (χ0v) is 13.0. The average molecular weight is 303 g/mol. The molecule has 0 aromatic heterocycles. The largest absolute Gasteiger partial charge is 0.384 e. The minimum Gasteiger partial charge on any atom is -0.384 e. The summed E-state index contributed by atoms with van der Waals surface area (Å²) >= 11 is 5.96. The van der Waals surface area contributed by atoms with Crippen LogP contribution in [0.5, 0.6) is 0 Å². The summed E-state index contributed by atoms with van der Waals surface area (Å²) in [6.07, 6.45) is 0.403. The van der Waals surface area contributed by atoms with Gasteiger partial charge in [-0.25, -0.2) is 0 Å². The van der Waals surface area contributed by atoms with Crippen molar-refractivity contribution in [3.63, 3.8) is 0 Å². The highest BCUT2D eigenvalue weighted by molar-refractivity contribution is 6.30. The Morgan fingerprint density at radius 2 is 1.95 bits per heavy atom. The summed E-state index contributed by atoms with van der Waals surface area (Å²) in [7, 11) is 0. The Morgan fingerprint density at radius 1 is 1.14 bits per heavy atom. The number of nitrogens with one attached hydrogen (secondary N) is 2. The summed E-state index contributed by atoms with van der Waals surface area (Å²) in [6, 6.07) is 13.4. The minimum absolute atomic E-state index is 0.00668. The molecule has 0 fully saturated rings. The van der Waals surface area contributed by atoms with Gasteiger partial charge in [0.05, 0.1) is 0 Å². The number of carbonyl (C=O) groups excluding carboxylic acids is 1. The smallest absolute Gasteiger partial charge is 0.226 e. The summed E-state index contributed by atoms with van der Waals surface area (Å²) in [5.41, 5.74) is 4.03. The van der Waals surface area contributed by atoms with Crippen LogP contribution in [0.3, 0.4) is 0 Å². The fourth-order valence-corrected chi connectivity index (χ4v) is 2.21. The number of amides is 1. The molecular formula is C17H19ClN2O. The van der Waals surface area contributed by atoms with Gasteiger partial charge in [-0.05, 0) is 49.2 Å². The number of hydrogen-bond donors (Lipinski definition) is 2. The van der Waals surface area contributed by atoms with Crippen LogP contribution in [0.15, 0.2) is 42.5 Å².